The predicted octanol–water partition coefficient (Wildman–Crippen LogP) is 3.24. The molecule has 0 saturated carbocycles. The summed E-state index contributed by atoms with van der Waals surface area (Å²) in [7, 11) is 0. The quantitative estimate of drug-likeness (QED) is 0.830. The molecule has 1 aromatic heterocycles. The van der Waals surface area contributed by atoms with E-state index in [4.69, 9.17) is 16.3 Å². The van der Waals surface area contributed by atoms with E-state index in [0.717, 1.165) is 44.0 Å². The van der Waals surface area contributed by atoms with Crippen LogP contribution in [0.1, 0.15) is 10.4 Å². The van der Waals surface area contributed by atoms with Crippen LogP contribution in [0.2, 0.25) is 5.02 Å². The number of nitrogens with zero attached hydrogens (tertiary/aromatic N) is 2. The highest BCUT2D eigenvalue weighted by Crippen LogP contribution is 2.23. The van der Waals surface area contributed by atoms with Crippen molar-refractivity contribution in [3.05, 3.63) is 51.7 Å². The Morgan fingerprint density at radius 1 is 1.17 bits per heavy atom. The molecular weight excluding hydrogens is 332 g/mol. The summed E-state index contributed by atoms with van der Waals surface area (Å²) < 4.78 is 5.72. The molecule has 122 valence electrons. The minimum atomic E-state index is 0.137. The average molecular weight is 351 g/mol. The molecule has 1 aliphatic heterocycles. The Morgan fingerprint density at radius 3 is 2.65 bits per heavy atom. The summed E-state index contributed by atoms with van der Waals surface area (Å²) >= 11 is 7.62. The molecule has 2 aromatic rings. The van der Waals surface area contributed by atoms with Gasteiger partial charge < -0.3 is 9.64 Å². The molecule has 3 rings (SSSR count). The number of thiophene rings is 1. The van der Waals surface area contributed by atoms with Crippen molar-refractivity contribution < 1.29 is 9.53 Å². The summed E-state index contributed by atoms with van der Waals surface area (Å²) in [6.45, 7) is 4.72. The van der Waals surface area contributed by atoms with Gasteiger partial charge in [0.15, 0.2) is 0 Å². The maximum absolute atomic E-state index is 12.3. The number of halogens is 1. The number of hydrogen-bond donors (Lipinski definition) is 0. The summed E-state index contributed by atoms with van der Waals surface area (Å²) in [5.74, 6) is 0.860. The van der Waals surface area contributed by atoms with Gasteiger partial charge in [-0.1, -0.05) is 23.7 Å². The number of carbonyl (C=O) groups is 1. The fourth-order valence-electron chi connectivity index (χ4n) is 2.59. The van der Waals surface area contributed by atoms with Crippen molar-refractivity contribution in [2.75, 3.05) is 39.3 Å². The van der Waals surface area contributed by atoms with E-state index in [-0.39, 0.29) is 5.91 Å². The molecule has 1 saturated heterocycles. The van der Waals surface area contributed by atoms with Crippen LogP contribution in [-0.4, -0.2) is 55.0 Å². The topological polar surface area (TPSA) is 32.8 Å². The number of hydrogen-bond acceptors (Lipinski definition) is 4. The molecule has 1 fully saturated rings. The van der Waals surface area contributed by atoms with Crippen molar-refractivity contribution in [1.29, 1.82) is 0 Å². The van der Waals surface area contributed by atoms with Crippen LogP contribution in [0.4, 0.5) is 0 Å². The van der Waals surface area contributed by atoms with Gasteiger partial charge in [-0.25, -0.2) is 0 Å². The first-order valence-electron chi connectivity index (χ1n) is 7.65. The number of amides is 1. The van der Waals surface area contributed by atoms with Crippen molar-refractivity contribution in [2.45, 2.75) is 0 Å². The first-order chi connectivity index (χ1) is 11.2. The highest BCUT2D eigenvalue weighted by atomic mass is 35.5. The van der Waals surface area contributed by atoms with Crippen LogP contribution in [0.25, 0.3) is 0 Å². The third-order valence-corrected chi connectivity index (χ3v) is 4.92. The Hall–Kier alpha value is -1.56. The van der Waals surface area contributed by atoms with Gasteiger partial charge in [0.05, 0.1) is 10.6 Å². The van der Waals surface area contributed by atoms with E-state index in [1.165, 1.54) is 0 Å². The van der Waals surface area contributed by atoms with Crippen LogP contribution in [-0.2, 0) is 0 Å². The van der Waals surface area contributed by atoms with Crippen LogP contribution in [0.5, 0.6) is 5.75 Å². The lowest BCUT2D eigenvalue weighted by Crippen LogP contribution is -2.49. The van der Waals surface area contributed by atoms with Gasteiger partial charge in [0.1, 0.15) is 12.4 Å². The van der Waals surface area contributed by atoms with Crippen LogP contribution < -0.4 is 4.74 Å². The Kier molecular flexibility index (Phi) is 5.54. The normalized spacial score (nSPS) is 15.6. The van der Waals surface area contributed by atoms with Gasteiger partial charge in [0.25, 0.3) is 5.91 Å². The van der Waals surface area contributed by atoms with Crippen molar-refractivity contribution in [2.24, 2.45) is 0 Å². The second kappa shape index (κ2) is 7.81. The van der Waals surface area contributed by atoms with E-state index in [2.05, 4.69) is 4.90 Å². The lowest BCUT2D eigenvalue weighted by molar-refractivity contribution is 0.0621. The van der Waals surface area contributed by atoms with Crippen molar-refractivity contribution in [1.82, 2.24) is 9.80 Å². The number of carbonyl (C=O) groups excluding carboxylic acids is 1. The van der Waals surface area contributed by atoms with Gasteiger partial charge in [-0.05, 0) is 23.6 Å². The monoisotopic (exact) mass is 350 g/mol. The fourth-order valence-corrected chi connectivity index (χ4v) is 3.41. The highest BCUT2D eigenvalue weighted by molar-refractivity contribution is 7.08. The van der Waals surface area contributed by atoms with Gasteiger partial charge in [0, 0.05) is 38.1 Å². The molecule has 4 nitrogen and oxygen atoms in total. The Balaban J connectivity index is 1.41. The number of para-hydroxylation sites is 1. The summed E-state index contributed by atoms with van der Waals surface area (Å²) in [6.07, 6.45) is 0. The molecule has 0 N–H and O–H groups in total. The Bertz CT molecular complexity index is 640. The second-order valence-electron chi connectivity index (χ2n) is 5.42. The zero-order chi connectivity index (χ0) is 16.1. The Labute approximate surface area is 145 Å². The zero-order valence-corrected chi connectivity index (χ0v) is 14.4. The van der Waals surface area contributed by atoms with E-state index >= 15 is 0 Å². The van der Waals surface area contributed by atoms with Gasteiger partial charge >= 0.3 is 0 Å². The van der Waals surface area contributed by atoms with Crippen molar-refractivity contribution >= 4 is 28.8 Å². The molecule has 1 aliphatic rings. The zero-order valence-electron chi connectivity index (χ0n) is 12.8. The Morgan fingerprint density at radius 2 is 1.96 bits per heavy atom. The van der Waals surface area contributed by atoms with E-state index in [9.17, 15) is 4.79 Å². The van der Waals surface area contributed by atoms with Gasteiger partial charge in [-0.2, -0.15) is 11.3 Å². The largest absolute Gasteiger partial charge is 0.491 e. The smallest absolute Gasteiger partial charge is 0.254 e. The standard InChI is InChI=1S/C17H19ClN2O2S/c18-15-3-1-2-4-16(15)22-11-10-19-6-8-20(9-7-19)17(21)14-5-12-23-13-14/h1-5,12-13H,6-11H2. The minimum absolute atomic E-state index is 0.137. The summed E-state index contributed by atoms with van der Waals surface area (Å²) in [5.41, 5.74) is 0.797. The van der Waals surface area contributed by atoms with E-state index in [1.54, 1.807) is 11.3 Å². The number of ether oxygens (including phenoxy) is 1. The first-order valence-corrected chi connectivity index (χ1v) is 8.97. The number of benzene rings is 1. The molecule has 6 heteroatoms. The van der Waals surface area contributed by atoms with Crippen LogP contribution in [0, 0.1) is 0 Å². The number of piperazine rings is 1. The minimum Gasteiger partial charge on any atom is -0.491 e. The SMILES string of the molecule is O=C(c1ccsc1)N1CCN(CCOc2ccccc2Cl)CC1. The molecule has 0 bridgehead atoms. The molecule has 2 heterocycles. The van der Waals surface area contributed by atoms with Crippen LogP contribution >= 0.6 is 22.9 Å². The maximum atomic E-state index is 12.3. The van der Waals surface area contributed by atoms with E-state index in [0.29, 0.717) is 11.6 Å². The molecule has 1 amide bonds. The van der Waals surface area contributed by atoms with E-state index in [1.807, 2.05) is 46.0 Å². The first kappa shape index (κ1) is 16.3. The fraction of sp³-hybridized carbons (Fsp3) is 0.353. The van der Waals surface area contributed by atoms with Crippen LogP contribution in [0.15, 0.2) is 41.1 Å². The van der Waals surface area contributed by atoms with Gasteiger partial charge in [0.2, 0.25) is 0 Å². The van der Waals surface area contributed by atoms with Crippen molar-refractivity contribution in [3.8, 4) is 5.75 Å². The second-order valence-corrected chi connectivity index (χ2v) is 6.61. The lowest BCUT2D eigenvalue weighted by Gasteiger charge is -2.34. The highest BCUT2D eigenvalue weighted by Gasteiger charge is 2.22. The lowest BCUT2D eigenvalue weighted by atomic mass is 10.2. The molecule has 0 unspecified atom stereocenters. The number of rotatable bonds is 5. The maximum Gasteiger partial charge on any atom is 0.254 e. The molecule has 0 spiro atoms. The van der Waals surface area contributed by atoms with Crippen molar-refractivity contribution in [3.63, 3.8) is 0 Å². The molecule has 1 aromatic carbocycles. The summed E-state index contributed by atoms with van der Waals surface area (Å²) in [4.78, 5) is 16.5. The predicted molar refractivity (Wildman–Crippen MR) is 93.6 cm³/mol. The molecule has 0 atom stereocenters. The van der Waals surface area contributed by atoms with E-state index < -0.39 is 0 Å². The summed E-state index contributed by atoms with van der Waals surface area (Å²) in [5, 5.41) is 4.49. The van der Waals surface area contributed by atoms with Gasteiger partial charge in [-0.3, -0.25) is 9.69 Å². The molecular formula is C17H19ClN2O2S. The van der Waals surface area contributed by atoms with Crippen LogP contribution in [0.3, 0.4) is 0 Å². The molecule has 0 radical (unpaired) electrons. The summed E-state index contributed by atoms with van der Waals surface area (Å²) in [6, 6.07) is 9.39. The van der Waals surface area contributed by atoms with Gasteiger partial charge in [-0.15, -0.1) is 0 Å². The third-order valence-electron chi connectivity index (χ3n) is 3.93. The average Bonchev–Trinajstić information content (AvgIpc) is 3.11. The molecule has 23 heavy (non-hydrogen) atoms. The molecule has 0 aliphatic carbocycles. The third kappa shape index (κ3) is 4.25.